The summed E-state index contributed by atoms with van der Waals surface area (Å²) >= 11 is 1.59. The topological polar surface area (TPSA) is 54.0 Å². The molecule has 0 aliphatic heterocycles. The van der Waals surface area contributed by atoms with E-state index < -0.39 is 0 Å². The minimum absolute atomic E-state index is 0.00611. The van der Waals surface area contributed by atoms with Gasteiger partial charge in [0, 0.05) is 18.6 Å². The second kappa shape index (κ2) is 5.07. The van der Waals surface area contributed by atoms with Crippen LogP contribution < -0.4 is 10.6 Å². The summed E-state index contributed by atoms with van der Waals surface area (Å²) in [6.07, 6.45) is 1.77. The molecule has 4 nitrogen and oxygen atoms in total. The first-order valence-electron chi connectivity index (χ1n) is 4.52. The highest BCUT2D eigenvalue weighted by molar-refractivity contribution is 7.09. The molecule has 0 aliphatic rings. The van der Waals surface area contributed by atoms with Crippen LogP contribution in [0.4, 0.5) is 0 Å². The van der Waals surface area contributed by atoms with Crippen molar-refractivity contribution in [3.63, 3.8) is 0 Å². The number of nitrogens with zero attached hydrogens (tertiary/aromatic N) is 1. The van der Waals surface area contributed by atoms with Gasteiger partial charge in [0.05, 0.1) is 12.1 Å². The lowest BCUT2D eigenvalue weighted by Gasteiger charge is -2.16. The van der Waals surface area contributed by atoms with Crippen molar-refractivity contribution in [2.45, 2.75) is 25.9 Å². The molecule has 78 valence electrons. The van der Waals surface area contributed by atoms with Crippen molar-refractivity contribution in [2.75, 3.05) is 7.05 Å². The largest absolute Gasteiger partial charge is 0.358 e. The maximum absolute atomic E-state index is 11.2. The zero-order valence-corrected chi connectivity index (χ0v) is 9.39. The maximum atomic E-state index is 11.2. The van der Waals surface area contributed by atoms with Gasteiger partial charge in [-0.25, -0.2) is 4.98 Å². The van der Waals surface area contributed by atoms with Crippen molar-refractivity contribution in [1.82, 2.24) is 15.6 Å². The third-order valence-corrected chi connectivity index (χ3v) is 2.92. The summed E-state index contributed by atoms with van der Waals surface area (Å²) < 4.78 is 0. The molecule has 1 heterocycles. The number of carbonyl (C=O) groups is 1. The first kappa shape index (κ1) is 11.1. The molecular weight excluding hydrogens is 198 g/mol. The first-order valence-corrected chi connectivity index (χ1v) is 5.40. The van der Waals surface area contributed by atoms with E-state index >= 15 is 0 Å². The molecule has 1 aromatic heterocycles. The van der Waals surface area contributed by atoms with E-state index in [-0.39, 0.29) is 18.0 Å². The van der Waals surface area contributed by atoms with Crippen molar-refractivity contribution in [3.8, 4) is 0 Å². The van der Waals surface area contributed by atoms with Crippen LogP contribution in [0.3, 0.4) is 0 Å². The predicted octanol–water partition coefficient (Wildman–Crippen LogP) is 0.928. The molecule has 1 amide bonds. The Morgan fingerprint density at radius 2 is 2.29 bits per heavy atom. The Balaban J connectivity index is 2.49. The molecule has 2 atom stereocenters. The standard InChI is InChI=1S/C9H15N3OS/c1-6(8(13)10-3)12-7(2)9-11-4-5-14-9/h4-7,12H,1-3H3,(H,10,13). The van der Waals surface area contributed by atoms with Crippen LogP contribution in [0.15, 0.2) is 11.6 Å². The Morgan fingerprint density at radius 3 is 2.79 bits per heavy atom. The summed E-state index contributed by atoms with van der Waals surface area (Å²) in [5.41, 5.74) is 0. The first-order chi connectivity index (χ1) is 6.65. The Kier molecular flexibility index (Phi) is 4.03. The summed E-state index contributed by atoms with van der Waals surface area (Å²) in [5.74, 6) is -0.00611. The smallest absolute Gasteiger partial charge is 0.236 e. The van der Waals surface area contributed by atoms with Gasteiger partial charge in [-0.2, -0.15) is 0 Å². The second-order valence-electron chi connectivity index (χ2n) is 3.09. The van der Waals surface area contributed by atoms with E-state index in [0.717, 1.165) is 5.01 Å². The quantitative estimate of drug-likeness (QED) is 0.782. The summed E-state index contributed by atoms with van der Waals surface area (Å²) in [5, 5.41) is 8.70. The molecule has 0 spiro atoms. The van der Waals surface area contributed by atoms with Crippen molar-refractivity contribution in [1.29, 1.82) is 0 Å². The van der Waals surface area contributed by atoms with E-state index in [1.165, 1.54) is 0 Å². The number of hydrogen-bond donors (Lipinski definition) is 2. The number of rotatable bonds is 4. The van der Waals surface area contributed by atoms with Crippen LogP contribution in [0.1, 0.15) is 24.9 Å². The molecule has 5 heteroatoms. The summed E-state index contributed by atoms with van der Waals surface area (Å²) in [6.45, 7) is 3.83. The van der Waals surface area contributed by atoms with Crippen LogP contribution in [-0.2, 0) is 4.79 Å². The molecule has 14 heavy (non-hydrogen) atoms. The van der Waals surface area contributed by atoms with E-state index in [1.807, 2.05) is 19.2 Å². The molecule has 1 aromatic rings. The third-order valence-electron chi connectivity index (χ3n) is 1.96. The van der Waals surface area contributed by atoms with E-state index in [4.69, 9.17) is 0 Å². The highest BCUT2D eigenvalue weighted by Crippen LogP contribution is 2.14. The van der Waals surface area contributed by atoms with Gasteiger partial charge in [-0.1, -0.05) is 0 Å². The molecule has 2 unspecified atom stereocenters. The van der Waals surface area contributed by atoms with Gasteiger partial charge in [0.2, 0.25) is 5.91 Å². The number of hydrogen-bond acceptors (Lipinski definition) is 4. The lowest BCUT2D eigenvalue weighted by atomic mass is 10.2. The number of aromatic nitrogens is 1. The van der Waals surface area contributed by atoms with Crippen molar-refractivity contribution in [3.05, 3.63) is 16.6 Å². The maximum Gasteiger partial charge on any atom is 0.236 e. The summed E-state index contributed by atoms with van der Waals surface area (Å²) in [7, 11) is 1.63. The Hall–Kier alpha value is -0.940. The third kappa shape index (κ3) is 2.78. The number of likely N-dealkylation sites (N-methyl/N-ethyl adjacent to an activating group) is 1. The van der Waals surface area contributed by atoms with Gasteiger partial charge in [-0.15, -0.1) is 11.3 Å². The zero-order valence-electron chi connectivity index (χ0n) is 8.57. The molecule has 0 aliphatic carbocycles. The van der Waals surface area contributed by atoms with Gasteiger partial charge in [-0.3, -0.25) is 10.1 Å². The van der Waals surface area contributed by atoms with Gasteiger partial charge in [0.15, 0.2) is 0 Å². The highest BCUT2D eigenvalue weighted by Gasteiger charge is 2.15. The minimum atomic E-state index is -0.195. The molecule has 0 saturated carbocycles. The number of carbonyl (C=O) groups excluding carboxylic acids is 1. The average molecular weight is 213 g/mol. The van der Waals surface area contributed by atoms with Gasteiger partial charge in [0.1, 0.15) is 5.01 Å². The molecule has 2 N–H and O–H groups in total. The average Bonchev–Trinajstić information content (AvgIpc) is 2.69. The van der Waals surface area contributed by atoms with E-state index in [1.54, 1.807) is 24.6 Å². The zero-order chi connectivity index (χ0) is 10.6. The molecule has 1 rings (SSSR count). The molecule has 0 fully saturated rings. The van der Waals surface area contributed by atoms with Crippen LogP contribution in [0.25, 0.3) is 0 Å². The minimum Gasteiger partial charge on any atom is -0.358 e. The monoisotopic (exact) mass is 213 g/mol. The highest BCUT2D eigenvalue weighted by atomic mass is 32.1. The van der Waals surface area contributed by atoms with Gasteiger partial charge in [0.25, 0.3) is 0 Å². The Morgan fingerprint density at radius 1 is 1.57 bits per heavy atom. The Labute approximate surface area is 87.7 Å². The van der Waals surface area contributed by atoms with Crippen LogP contribution in [0, 0.1) is 0 Å². The SMILES string of the molecule is CNC(=O)C(C)NC(C)c1nccs1. The van der Waals surface area contributed by atoms with Crippen LogP contribution in [0.5, 0.6) is 0 Å². The fourth-order valence-electron chi connectivity index (χ4n) is 1.19. The van der Waals surface area contributed by atoms with Crippen LogP contribution in [0.2, 0.25) is 0 Å². The predicted molar refractivity (Wildman–Crippen MR) is 57.2 cm³/mol. The van der Waals surface area contributed by atoms with Crippen LogP contribution >= 0.6 is 11.3 Å². The second-order valence-corrected chi connectivity index (χ2v) is 4.02. The molecule has 0 radical (unpaired) electrons. The lowest BCUT2D eigenvalue weighted by molar-refractivity contribution is -0.122. The molecule has 0 aromatic carbocycles. The van der Waals surface area contributed by atoms with Crippen molar-refractivity contribution < 1.29 is 4.79 Å². The number of thiazole rings is 1. The summed E-state index contributed by atoms with van der Waals surface area (Å²) in [6, 6.07) is -0.0822. The Bertz CT molecular complexity index is 286. The molecule has 0 bridgehead atoms. The molecule has 0 saturated heterocycles. The number of nitrogens with one attached hydrogen (secondary N) is 2. The molecular formula is C9H15N3OS. The summed E-state index contributed by atoms with van der Waals surface area (Å²) in [4.78, 5) is 15.4. The van der Waals surface area contributed by atoms with Crippen molar-refractivity contribution in [2.24, 2.45) is 0 Å². The van der Waals surface area contributed by atoms with Gasteiger partial charge in [-0.05, 0) is 13.8 Å². The van der Waals surface area contributed by atoms with E-state index in [2.05, 4.69) is 15.6 Å². The number of amides is 1. The van der Waals surface area contributed by atoms with Gasteiger partial charge < -0.3 is 5.32 Å². The van der Waals surface area contributed by atoms with Gasteiger partial charge >= 0.3 is 0 Å². The van der Waals surface area contributed by atoms with E-state index in [0.29, 0.717) is 0 Å². The fraction of sp³-hybridized carbons (Fsp3) is 0.556. The van der Waals surface area contributed by atoms with Crippen molar-refractivity contribution >= 4 is 17.2 Å². The fourth-order valence-corrected chi connectivity index (χ4v) is 1.84. The van der Waals surface area contributed by atoms with E-state index in [9.17, 15) is 4.79 Å². The van der Waals surface area contributed by atoms with Crippen LogP contribution in [-0.4, -0.2) is 24.0 Å². The lowest BCUT2D eigenvalue weighted by Crippen LogP contribution is -2.41. The normalized spacial score (nSPS) is 14.8.